The van der Waals surface area contributed by atoms with Crippen molar-refractivity contribution in [1.82, 2.24) is 5.32 Å². The van der Waals surface area contributed by atoms with Crippen molar-refractivity contribution in [2.45, 2.75) is 59.9 Å². The first-order chi connectivity index (χ1) is 7.48. The highest BCUT2D eigenvalue weighted by Crippen LogP contribution is 2.27. The van der Waals surface area contributed by atoms with Crippen LogP contribution in [-0.2, 0) is 4.79 Å². The van der Waals surface area contributed by atoms with Crippen LogP contribution >= 0.6 is 12.2 Å². The zero-order valence-electron chi connectivity index (χ0n) is 11.9. The predicted molar refractivity (Wildman–Crippen MR) is 76.9 cm³/mol. The zero-order valence-corrected chi connectivity index (χ0v) is 12.7. The van der Waals surface area contributed by atoms with Crippen molar-refractivity contribution >= 4 is 23.1 Å². The van der Waals surface area contributed by atoms with Crippen molar-refractivity contribution in [3.8, 4) is 0 Å². The lowest BCUT2D eigenvalue weighted by atomic mass is 9.81. The van der Waals surface area contributed by atoms with Gasteiger partial charge in [0.25, 0.3) is 0 Å². The number of nitrogens with two attached hydrogens (primary N) is 1. The van der Waals surface area contributed by atoms with E-state index in [-0.39, 0.29) is 27.8 Å². The van der Waals surface area contributed by atoms with Gasteiger partial charge in [-0.1, -0.05) is 39.9 Å². The molecule has 0 saturated carbocycles. The largest absolute Gasteiger partial charge is 0.393 e. The third-order valence-corrected chi connectivity index (χ3v) is 2.79. The molecule has 0 saturated heterocycles. The fraction of sp³-hybridized carbons (Fsp3) is 0.846. The van der Waals surface area contributed by atoms with Crippen LogP contribution in [0.4, 0.5) is 0 Å². The van der Waals surface area contributed by atoms with Gasteiger partial charge in [0, 0.05) is 5.54 Å². The van der Waals surface area contributed by atoms with E-state index >= 15 is 0 Å². The molecule has 0 rings (SSSR count). The molecule has 0 heterocycles. The van der Waals surface area contributed by atoms with Gasteiger partial charge in [-0.15, -0.1) is 0 Å². The molecule has 0 aromatic rings. The van der Waals surface area contributed by atoms with E-state index in [4.69, 9.17) is 18.0 Å². The van der Waals surface area contributed by atoms with Crippen LogP contribution in [0.5, 0.6) is 0 Å². The molecule has 4 heteroatoms. The Morgan fingerprint density at radius 3 is 2.06 bits per heavy atom. The van der Waals surface area contributed by atoms with Gasteiger partial charge in [-0.05, 0) is 32.1 Å². The molecular formula is C13H26N2OS. The third-order valence-electron chi connectivity index (χ3n) is 2.50. The molecule has 0 aromatic heterocycles. The molecule has 0 spiro atoms. The molecule has 0 aromatic carbocycles. The minimum Gasteiger partial charge on any atom is -0.393 e. The van der Waals surface area contributed by atoms with Crippen LogP contribution < -0.4 is 11.1 Å². The molecule has 1 atom stereocenters. The van der Waals surface area contributed by atoms with Crippen LogP contribution in [0.1, 0.15) is 54.4 Å². The average Bonchev–Trinajstić information content (AvgIpc) is 1.96. The SMILES string of the molecule is CCC(C(=O)NC(C)(C)CC(C)(C)C)C(N)=S. The minimum atomic E-state index is -0.357. The average molecular weight is 258 g/mol. The van der Waals surface area contributed by atoms with E-state index in [0.717, 1.165) is 6.42 Å². The van der Waals surface area contributed by atoms with E-state index in [1.54, 1.807) is 0 Å². The molecule has 0 fully saturated rings. The van der Waals surface area contributed by atoms with Gasteiger partial charge in [0.05, 0.1) is 10.9 Å². The fourth-order valence-electron chi connectivity index (χ4n) is 2.31. The molecular weight excluding hydrogens is 232 g/mol. The van der Waals surface area contributed by atoms with Gasteiger partial charge < -0.3 is 11.1 Å². The Balaban J connectivity index is 4.61. The fourth-order valence-corrected chi connectivity index (χ4v) is 2.58. The van der Waals surface area contributed by atoms with E-state index < -0.39 is 0 Å². The van der Waals surface area contributed by atoms with Gasteiger partial charge in [-0.3, -0.25) is 4.79 Å². The van der Waals surface area contributed by atoms with Crippen LogP contribution in [0.15, 0.2) is 0 Å². The summed E-state index contributed by atoms with van der Waals surface area (Å²) in [5.74, 6) is -0.418. The van der Waals surface area contributed by atoms with Gasteiger partial charge >= 0.3 is 0 Å². The number of hydrogen-bond donors (Lipinski definition) is 2. The molecule has 0 bridgehead atoms. The highest BCUT2D eigenvalue weighted by Gasteiger charge is 2.30. The molecule has 1 amide bonds. The topological polar surface area (TPSA) is 55.1 Å². The van der Waals surface area contributed by atoms with Crippen molar-refractivity contribution in [2.24, 2.45) is 17.1 Å². The number of amides is 1. The molecule has 3 N–H and O–H groups in total. The summed E-state index contributed by atoms with van der Waals surface area (Å²) < 4.78 is 0. The monoisotopic (exact) mass is 258 g/mol. The van der Waals surface area contributed by atoms with E-state index in [0.29, 0.717) is 6.42 Å². The molecule has 100 valence electrons. The Kier molecular flexibility index (Phi) is 5.59. The summed E-state index contributed by atoms with van der Waals surface area (Å²) in [6.45, 7) is 12.5. The zero-order chi connectivity index (χ0) is 13.9. The van der Waals surface area contributed by atoms with Crippen molar-refractivity contribution < 1.29 is 4.79 Å². The van der Waals surface area contributed by atoms with Crippen molar-refractivity contribution in [3.63, 3.8) is 0 Å². The Morgan fingerprint density at radius 2 is 1.76 bits per heavy atom. The standard InChI is InChI=1S/C13H26N2OS/c1-7-9(10(14)17)11(16)15-13(5,6)8-12(2,3)4/h9H,7-8H2,1-6H3,(H2,14,17)(H,15,16). The number of hydrogen-bond acceptors (Lipinski definition) is 2. The summed E-state index contributed by atoms with van der Waals surface area (Å²) in [4.78, 5) is 12.3. The number of carbonyl (C=O) groups is 1. The van der Waals surface area contributed by atoms with Gasteiger partial charge in [0.2, 0.25) is 5.91 Å². The first-order valence-corrected chi connectivity index (χ1v) is 6.50. The molecule has 3 nitrogen and oxygen atoms in total. The van der Waals surface area contributed by atoms with E-state index in [9.17, 15) is 4.79 Å². The van der Waals surface area contributed by atoms with Crippen LogP contribution in [0.3, 0.4) is 0 Å². The number of rotatable bonds is 5. The molecule has 17 heavy (non-hydrogen) atoms. The second-order valence-corrected chi connectivity index (χ2v) is 6.95. The summed E-state index contributed by atoms with van der Waals surface area (Å²) >= 11 is 4.91. The predicted octanol–water partition coefficient (Wildman–Crippen LogP) is 2.63. The van der Waals surface area contributed by atoms with Crippen molar-refractivity contribution in [3.05, 3.63) is 0 Å². The highest BCUT2D eigenvalue weighted by molar-refractivity contribution is 7.80. The maximum Gasteiger partial charge on any atom is 0.230 e. The van der Waals surface area contributed by atoms with E-state index in [1.807, 2.05) is 20.8 Å². The first kappa shape index (κ1) is 16.4. The van der Waals surface area contributed by atoms with E-state index in [1.165, 1.54) is 0 Å². The van der Waals surface area contributed by atoms with Gasteiger partial charge in [0.1, 0.15) is 0 Å². The van der Waals surface area contributed by atoms with Crippen LogP contribution in [0.2, 0.25) is 0 Å². The number of thiocarbonyl (C=S) groups is 1. The normalized spacial score (nSPS) is 14.2. The Morgan fingerprint density at radius 1 is 1.29 bits per heavy atom. The van der Waals surface area contributed by atoms with Crippen LogP contribution in [0.25, 0.3) is 0 Å². The maximum atomic E-state index is 12.0. The summed E-state index contributed by atoms with van der Waals surface area (Å²) in [7, 11) is 0. The third kappa shape index (κ3) is 6.61. The molecule has 0 aliphatic carbocycles. The highest BCUT2D eigenvalue weighted by atomic mass is 32.1. The van der Waals surface area contributed by atoms with Crippen molar-refractivity contribution in [2.75, 3.05) is 0 Å². The summed E-state index contributed by atoms with van der Waals surface area (Å²) in [5.41, 5.74) is 5.49. The summed E-state index contributed by atoms with van der Waals surface area (Å²) in [6.07, 6.45) is 1.55. The van der Waals surface area contributed by atoms with Gasteiger partial charge in [0.15, 0.2) is 0 Å². The van der Waals surface area contributed by atoms with E-state index in [2.05, 4.69) is 26.1 Å². The first-order valence-electron chi connectivity index (χ1n) is 6.10. The lowest BCUT2D eigenvalue weighted by molar-refractivity contribution is -0.124. The van der Waals surface area contributed by atoms with Crippen molar-refractivity contribution in [1.29, 1.82) is 0 Å². The Hall–Kier alpha value is -0.640. The molecule has 0 radical (unpaired) electrons. The van der Waals surface area contributed by atoms with Crippen LogP contribution in [0, 0.1) is 11.3 Å². The maximum absolute atomic E-state index is 12.0. The lowest BCUT2D eigenvalue weighted by Gasteiger charge is -2.34. The second kappa shape index (κ2) is 5.80. The quantitative estimate of drug-likeness (QED) is 0.745. The Bertz CT molecular complexity index is 292. The molecule has 0 aliphatic heterocycles. The van der Waals surface area contributed by atoms with Crippen LogP contribution in [-0.4, -0.2) is 16.4 Å². The Labute approximate surface area is 111 Å². The van der Waals surface area contributed by atoms with Gasteiger partial charge in [-0.25, -0.2) is 0 Å². The summed E-state index contributed by atoms with van der Waals surface area (Å²) in [5, 5.41) is 3.04. The van der Waals surface area contributed by atoms with Gasteiger partial charge in [-0.2, -0.15) is 0 Å². The number of nitrogens with one attached hydrogen (secondary N) is 1. The minimum absolute atomic E-state index is 0.0609. The lowest BCUT2D eigenvalue weighted by Crippen LogP contribution is -2.50. The molecule has 1 unspecified atom stereocenters. The smallest absolute Gasteiger partial charge is 0.230 e. The molecule has 0 aliphatic rings. The second-order valence-electron chi connectivity index (χ2n) is 6.47. The number of carbonyl (C=O) groups excluding carboxylic acids is 1. The summed E-state index contributed by atoms with van der Waals surface area (Å²) in [6, 6.07) is 0.